The monoisotopic (exact) mass is 282 g/mol. The Balaban J connectivity index is 1.64. The van der Waals surface area contributed by atoms with E-state index in [1.54, 1.807) is 6.20 Å². The average Bonchev–Trinajstić information content (AvgIpc) is 3.00. The first-order valence-corrected chi connectivity index (χ1v) is 7.02. The Morgan fingerprint density at radius 2 is 2.00 bits per heavy atom. The molecule has 3 rings (SSSR count). The number of pyridine rings is 1. The molecule has 21 heavy (non-hydrogen) atoms. The number of amides is 1. The van der Waals surface area contributed by atoms with Gasteiger partial charge in [-0.2, -0.15) is 0 Å². The summed E-state index contributed by atoms with van der Waals surface area (Å²) < 4.78 is 0. The molecule has 0 saturated carbocycles. The molecule has 1 saturated heterocycles. The number of carbonyl (C=O) groups is 1. The largest absolute Gasteiger partial charge is 0.309 e. The second-order valence-electron chi connectivity index (χ2n) is 5.20. The van der Waals surface area contributed by atoms with Crippen LogP contribution in [-0.2, 0) is 4.79 Å². The van der Waals surface area contributed by atoms with Gasteiger partial charge in [-0.1, -0.05) is 36.4 Å². The van der Waals surface area contributed by atoms with Gasteiger partial charge in [0.1, 0.15) is 11.9 Å². The fourth-order valence-electron chi connectivity index (χ4n) is 2.45. The van der Waals surface area contributed by atoms with Crippen LogP contribution in [0.3, 0.4) is 0 Å². The van der Waals surface area contributed by atoms with E-state index in [1.165, 1.54) is 5.56 Å². The number of nitrogens with one attached hydrogen (secondary N) is 3. The highest BCUT2D eigenvalue weighted by Crippen LogP contribution is 2.22. The van der Waals surface area contributed by atoms with E-state index in [9.17, 15) is 4.79 Å². The highest BCUT2D eigenvalue weighted by Gasteiger charge is 2.30. The molecule has 2 heterocycles. The normalized spacial score (nSPS) is 21.2. The van der Waals surface area contributed by atoms with Crippen LogP contribution < -0.4 is 16.2 Å². The molecule has 5 heteroatoms. The van der Waals surface area contributed by atoms with Crippen LogP contribution in [0.2, 0.25) is 0 Å². The topological polar surface area (TPSA) is 66.0 Å². The Bertz CT molecular complexity index is 629. The Morgan fingerprint density at radius 1 is 1.19 bits per heavy atom. The van der Waals surface area contributed by atoms with Gasteiger partial charge in [-0.25, -0.2) is 15.8 Å². The fraction of sp³-hybridized carbons (Fsp3) is 0.250. The number of nitrogens with zero attached hydrogens (tertiary/aromatic N) is 1. The first-order chi connectivity index (χ1) is 10.2. The minimum atomic E-state index is -0.267. The molecule has 1 aromatic carbocycles. The summed E-state index contributed by atoms with van der Waals surface area (Å²) in [5, 5.41) is 2.87. The van der Waals surface area contributed by atoms with Gasteiger partial charge >= 0.3 is 0 Å². The maximum atomic E-state index is 12.3. The van der Waals surface area contributed by atoms with E-state index in [1.807, 2.05) is 37.3 Å². The van der Waals surface area contributed by atoms with Gasteiger partial charge in [0.25, 0.3) is 0 Å². The van der Waals surface area contributed by atoms with Crippen molar-refractivity contribution in [2.45, 2.75) is 25.4 Å². The van der Waals surface area contributed by atoms with E-state index < -0.39 is 0 Å². The fourth-order valence-corrected chi connectivity index (χ4v) is 2.45. The molecule has 1 fully saturated rings. The molecule has 5 nitrogen and oxygen atoms in total. The van der Waals surface area contributed by atoms with Crippen molar-refractivity contribution in [1.82, 2.24) is 15.8 Å². The number of benzene rings is 1. The summed E-state index contributed by atoms with van der Waals surface area (Å²) in [4.78, 5) is 16.5. The number of hydrogen-bond donors (Lipinski definition) is 3. The number of hydrogen-bond acceptors (Lipinski definition) is 4. The van der Waals surface area contributed by atoms with Crippen LogP contribution in [0.5, 0.6) is 0 Å². The summed E-state index contributed by atoms with van der Waals surface area (Å²) in [6.45, 7) is 1.93. The number of anilines is 1. The van der Waals surface area contributed by atoms with E-state index in [4.69, 9.17) is 0 Å². The van der Waals surface area contributed by atoms with E-state index in [2.05, 4.69) is 33.3 Å². The summed E-state index contributed by atoms with van der Waals surface area (Å²) in [5.41, 5.74) is 8.36. The summed E-state index contributed by atoms with van der Waals surface area (Å²) in [7, 11) is 0. The Morgan fingerprint density at radius 3 is 2.76 bits per heavy atom. The van der Waals surface area contributed by atoms with E-state index >= 15 is 0 Å². The Hall–Kier alpha value is -2.24. The first kappa shape index (κ1) is 13.7. The van der Waals surface area contributed by atoms with E-state index in [0.29, 0.717) is 12.2 Å². The van der Waals surface area contributed by atoms with Gasteiger partial charge in [-0.05, 0) is 30.5 Å². The summed E-state index contributed by atoms with van der Waals surface area (Å²) in [5.74, 6) is 0.551. The van der Waals surface area contributed by atoms with Gasteiger partial charge in [-0.15, -0.1) is 0 Å². The first-order valence-electron chi connectivity index (χ1n) is 7.02. The van der Waals surface area contributed by atoms with Crippen LogP contribution >= 0.6 is 0 Å². The molecule has 0 radical (unpaired) electrons. The van der Waals surface area contributed by atoms with Crippen LogP contribution in [0.25, 0.3) is 0 Å². The quantitative estimate of drug-likeness (QED) is 0.805. The molecule has 108 valence electrons. The molecule has 2 atom stereocenters. The zero-order valence-electron chi connectivity index (χ0n) is 11.8. The lowest BCUT2D eigenvalue weighted by molar-refractivity contribution is -0.117. The van der Waals surface area contributed by atoms with Gasteiger partial charge in [0.05, 0.1) is 0 Å². The van der Waals surface area contributed by atoms with Crippen molar-refractivity contribution in [2.75, 3.05) is 5.32 Å². The third-order valence-corrected chi connectivity index (χ3v) is 3.67. The van der Waals surface area contributed by atoms with Gasteiger partial charge in [0.15, 0.2) is 0 Å². The smallest absolute Gasteiger partial charge is 0.244 e. The second-order valence-corrected chi connectivity index (χ2v) is 5.20. The molecule has 1 amide bonds. The minimum Gasteiger partial charge on any atom is -0.309 e. The zero-order chi connectivity index (χ0) is 14.7. The van der Waals surface area contributed by atoms with Gasteiger partial charge in [0.2, 0.25) is 5.91 Å². The molecule has 2 unspecified atom stereocenters. The van der Waals surface area contributed by atoms with Crippen molar-refractivity contribution in [3.63, 3.8) is 0 Å². The predicted octanol–water partition coefficient (Wildman–Crippen LogP) is 1.94. The second kappa shape index (κ2) is 6.03. The van der Waals surface area contributed by atoms with Crippen molar-refractivity contribution in [2.24, 2.45) is 0 Å². The van der Waals surface area contributed by atoms with Crippen molar-refractivity contribution >= 4 is 11.7 Å². The Kier molecular flexibility index (Phi) is 3.94. The number of aromatic nitrogens is 1. The summed E-state index contributed by atoms with van der Waals surface area (Å²) in [6, 6.07) is 13.8. The SMILES string of the molecule is Cc1cccnc1NC(=O)C1CC(c2ccccc2)NN1. The van der Waals surface area contributed by atoms with Gasteiger partial charge < -0.3 is 5.32 Å². The average molecular weight is 282 g/mol. The number of rotatable bonds is 3. The third-order valence-electron chi connectivity index (χ3n) is 3.67. The maximum Gasteiger partial charge on any atom is 0.244 e. The molecule has 1 aromatic heterocycles. The van der Waals surface area contributed by atoms with Gasteiger partial charge in [0, 0.05) is 12.2 Å². The van der Waals surface area contributed by atoms with Crippen molar-refractivity contribution < 1.29 is 4.79 Å². The van der Waals surface area contributed by atoms with Crippen LogP contribution in [0.15, 0.2) is 48.7 Å². The molecule has 0 spiro atoms. The van der Waals surface area contributed by atoms with E-state index in [-0.39, 0.29) is 18.0 Å². The lowest BCUT2D eigenvalue weighted by atomic mass is 10.0. The molecule has 0 bridgehead atoms. The Labute approximate surface area is 123 Å². The van der Waals surface area contributed by atoms with Crippen molar-refractivity contribution in [3.05, 3.63) is 59.8 Å². The molecular formula is C16H18N4O. The summed E-state index contributed by atoms with van der Waals surface area (Å²) in [6.07, 6.45) is 2.39. The van der Waals surface area contributed by atoms with Crippen LogP contribution in [0, 0.1) is 6.92 Å². The highest BCUT2D eigenvalue weighted by atomic mass is 16.2. The van der Waals surface area contributed by atoms with E-state index in [0.717, 1.165) is 5.56 Å². The number of aryl methyl sites for hydroxylation is 1. The van der Waals surface area contributed by atoms with Gasteiger partial charge in [-0.3, -0.25) is 4.79 Å². The lowest BCUT2D eigenvalue weighted by Crippen LogP contribution is -2.39. The zero-order valence-corrected chi connectivity index (χ0v) is 11.8. The number of carbonyl (C=O) groups excluding carboxylic acids is 1. The molecule has 2 aromatic rings. The minimum absolute atomic E-state index is 0.0669. The molecule has 1 aliphatic heterocycles. The maximum absolute atomic E-state index is 12.3. The lowest BCUT2D eigenvalue weighted by Gasteiger charge is -2.11. The number of hydrazine groups is 1. The molecular weight excluding hydrogens is 264 g/mol. The molecule has 3 N–H and O–H groups in total. The van der Waals surface area contributed by atoms with Crippen LogP contribution in [-0.4, -0.2) is 16.9 Å². The van der Waals surface area contributed by atoms with Crippen molar-refractivity contribution in [1.29, 1.82) is 0 Å². The third kappa shape index (κ3) is 3.09. The highest BCUT2D eigenvalue weighted by molar-refractivity contribution is 5.94. The molecule has 0 aliphatic carbocycles. The standard InChI is InChI=1S/C16H18N4O/c1-11-6-5-9-17-15(11)18-16(21)14-10-13(19-20-14)12-7-3-2-4-8-12/h2-9,13-14,19-20H,10H2,1H3,(H,17,18,21). The molecule has 1 aliphatic rings. The van der Waals surface area contributed by atoms with Crippen LogP contribution in [0.4, 0.5) is 5.82 Å². The predicted molar refractivity (Wildman–Crippen MR) is 81.5 cm³/mol. The summed E-state index contributed by atoms with van der Waals surface area (Å²) >= 11 is 0. The van der Waals surface area contributed by atoms with Crippen LogP contribution in [0.1, 0.15) is 23.6 Å². The van der Waals surface area contributed by atoms with Crippen molar-refractivity contribution in [3.8, 4) is 0 Å².